The van der Waals surface area contributed by atoms with Crippen molar-refractivity contribution >= 4 is 46.0 Å². The molecule has 0 aliphatic rings. The largest absolute Gasteiger partial charge is 0.481 e. The highest BCUT2D eigenvalue weighted by atomic mass is 35.5. The second kappa shape index (κ2) is 11.7. The van der Waals surface area contributed by atoms with E-state index in [0.29, 0.717) is 46.1 Å². The fourth-order valence-corrected chi connectivity index (χ4v) is 4.73. The number of benzene rings is 3. The number of unbranched alkanes of at least 4 members (excludes halogenated alkanes) is 1. The number of aryl methyl sites for hydroxylation is 1. The van der Waals surface area contributed by atoms with Gasteiger partial charge in [0.2, 0.25) is 0 Å². The lowest BCUT2D eigenvalue weighted by Crippen LogP contribution is -2.26. The van der Waals surface area contributed by atoms with Crippen LogP contribution in [-0.4, -0.2) is 22.0 Å². The zero-order valence-corrected chi connectivity index (χ0v) is 21.6. The van der Waals surface area contributed by atoms with Gasteiger partial charge in [0, 0.05) is 33.0 Å². The molecule has 1 heterocycles. The number of pyridine rings is 1. The van der Waals surface area contributed by atoms with Gasteiger partial charge in [-0.1, -0.05) is 23.2 Å². The first-order chi connectivity index (χ1) is 17.7. The van der Waals surface area contributed by atoms with Gasteiger partial charge in [-0.2, -0.15) is 0 Å². The van der Waals surface area contributed by atoms with Crippen LogP contribution in [0.4, 0.5) is 4.39 Å². The third-order valence-corrected chi connectivity index (χ3v) is 6.53. The molecule has 2 N–H and O–H groups in total. The van der Waals surface area contributed by atoms with Crippen LogP contribution in [0, 0.1) is 5.82 Å². The Hall–Kier alpha value is -3.48. The summed E-state index contributed by atoms with van der Waals surface area (Å²) in [7, 11) is 0. The zero-order chi connectivity index (χ0) is 26.5. The summed E-state index contributed by atoms with van der Waals surface area (Å²) >= 11 is 12.2. The smallest absolute Gasteiger partial charge is 0.303 e. The van der Waals surface area contributed by atoms with Gasteiger partial charge in [0.1, 0.15) is 5.82 Å². The topological polar surface area (TPSA) is 79.3 Å². The Kier molecular flexibility index (Phi) is 8.41. The third kappa shape index (κ3) is 6.85. The van der Waals surface area contributed by atoms with Crippen molar-refractivity contribution in [2.75, 3.05) is 0 Å². The van der Waals surface area contributed by atoms with Crippen LogP contribution in [0.5, 0.6) is 0 Å². The summed E-state index contributed by atoms with van der Waals surface area (Å²) in [5.74, 6) is -1.42. The number of carbonyl (C=O) groups is 2. The van der Waals surface area contributed by atoms with E-state index in [9.17, 15) is 14.0 Å². The molecule has 0 fully saturated rings. The lowest BCUT2D eigenvalue weighted by Gasteiger charge is -2.16. The minimum Gasteiger partial charge on any atom is -0.481 e. The Morgan fingerprint density at radius 1 is 0.973 bits per heavy atom. The van der Waals surface area contributed by atoms with Crippen molar-refractivity contribution in [1.82, 2.24) is 10.3 Å². The van der Waals surface area contributed by atoms with Crippen LogP contribution in [-0.2, 0) is 11.2 Å². The molecule has 0 radical (unpaired) electrons. The molecule has 0 spiro atoms. The SMILES string of the molecule is C[C@@H](NC(=O)c1ccc2nc(-c3ccc(F)cc3)c(CCCCC(=O)O)cc2c1)c1cc(Cl)cc(Cl)c1. The molecule has 1 amide bonds. The average Bonchev–Trinajstić information content (AvgIpc) is 2.85. The summed E-state index contributed by atoms with van der Waals surface area (Å²) in [6.45, 7) is 1.85. The average molecular weight is 539 g/mol. The molecule has 0 bridgehead atoms. The number of carbonyl (C=O) groups excluding carboxylic acids is 1. The monoisotopic (exact) mass is 538 g/mol. The van der Waals surface area contributed by atoms with E-state index in [-0.39, 0.29) is 24.2 Å². The summed E-state index contributed by atoms with van der Waals surface area (Å²) < 4.78 is 13.5. The van der Waals surface area contributed by atoms with Gasteiger partial charge in [-0.25, -0.2) is 9.37 Å². The highest BCUT2D eigenvalue weighted by molar-refractivity contribution is 6.34. The molecule has 0 unspecified atom stereocenters. The minimum absolute atomic E-state index is 0.0905. The number of hydrogen-bond acceptors (Lipinski definition) is 3. The molecular weight excluding hydrogens is 514 g/mol. The number of amides is 1. The number of aromatic nitrogens is 1. The summed E-state index contributed by atoms with van der Waals surface area (Å²) in [5.41, 5.74) is 4.35. The van der Waals surface area contributed by atoms with Gasteiger partial charge in [-0.3, -0.25) is 9.59 Å². The number of rotatable bonds is 9. The zero-order valence-electron chi connectivity index (χ0n) is 20.1. The van der Waals surface area contributed by atoms with Crippen LogP contribution < -0.4 is 5.32 Å². The Morgan fingerprint density at radius 3 is 2.35 bits per heavy atom. The Bertz CT molecular complexity index is 1440. The van der Waals surface area contributed by atoms with E-state index >= 15 is 0 Å². The molecule has 1 aromatic heterocycles. The van der Waals surface area contributed by atoms with E-state index in [1.807, 2.05) is 13.0 Å². The van der Waals surface area contributed by atoms with Crippen LogP contribution in [0.15, 0.2) is 66.7 Å². The lowest BCUT2D eigenvalue weighted by molar-refractivity contribution is -0.137. The summed E-state index contributed by atoms with van der Waals surface area (Å²) in [6.07, 6.45) is 1.89. The van der Waals surface area contributed by atoms with Gasteiger partial charge < -0.3 is 10.4 Å². The van der Waals surface area contributed by atoms with Crippen molar-refractivity contribution < 1.29 is 19.1 Å². The second-order valence-corrected chi connectivity index (χ2v) is 9.78. The molecule has 3 aromatic carbocycles. The normalized spacial score (nSPS) is 11.9. The van der Waals surface area contributed by atoms with Gasteiger partial charge in [0.05, 0.1) is 17.3 Å². The highest BCUT2D eigenvalue weighted by Crippen LogP contribution is 2.29. The number of halogens is 3. The van der Waals surface area contributed by atoms with Crippen molar-refractivity contribution in [2.45, 2.75) is 38.6 Å². The fourth-order valence-electron chi connectivity index (χ4n) is 4.19. The van der Waals surface area contributed by atoms with Gasteiger partial charge in [0.15, 0.2) is 0 Å². The maximum absolute atomic E-state index is 13.5. The van der Waals surface area contributed by atoms with Crippen molar-refractivity contribution in [3.8, 4) is 11.3 Å². The van der Waals surface area contributed by atoms with E-state index in [4.69, 9.17) is 33.3 Å². The maximum Gasteiger partial charge on any atom is 0.303 e. The maximum atomic E-state index is 13.5. The predicted molar refractivity (Wildman–Crippen MR) is 145 cm³/mol. The van der Waals surface area contributed by atoms with E-state index < -0.39 is 5.97 Å². The lowest BCUT2D eigenvalue weighted by atomic mass is 9.98. The van der Waals surface area contributed by atoms with E-state index in [1.54, 1.807) is 48.5 Å². The first-order valence-electron chi connectivity index (χ1n) is 11.9. The van der Waals surface area contributed by atoms with Gasteiger partial charge in [0.25, 0.3) is 5.91 Å². The van der Waals surface area contributed by atoms with E-state index in [1.165, 1.54) is 12.1 Å². The highest BCUT2D eigenvalue weighted by Gasteiger charge is 2.15. The van der Waals surface area contributed by atoms with Crippen molar-refractivity contribution in [1.29, 1.82) is 0 Å². The van der Waals surface area contributed by atoms with Crippen molar-refractivity contribution in [3.05, 3.63) is 99.3 Å². The van der Waals surface area contributed by atoms with Crippen LogP contribution in [0.1, 0.15) is 53.7 Å². The van der Waals surface area contributed by atoms with Crippen LogP contribution in [0.25, 0.3) is 22.2 Å². The Labute approximate surface area is 224 Å². The third-order valence-electron chi connectivity index (χ3n) is 6.09. The summed E-state index contributed by atoms with van der Waals surface area (Å²) in [6, 6.07) is 18.2. The van der Waals surface area contributed by atoms with Crippen molar-refractivity contribution in [2.24, 2.45) is 0 Å². The van der Waals surface area contributed by atoms with Crippen LogP contribution >= 0.6 is 23.2 Å². The molecule has 1 atom stereocenters. The molecule has 37 heavy (non-hydrogen) atoms. The molecule has 5 nitrogen and oxygen atoms in total. The molecule has 0 saturated heterocycles. The van der Waals surface area contributed by atoms with E-state index in [0.717, 1.165) is 22.1 Å². The summed E-state index contributed by atoms with van der Waals surface area (Å²) in [4.78, 5) is 28.8. The van der Waals surface area contributed by atoms with Crippen LogP contribution in [0.2, 0.25) is 10.0 Å². The van der Waals surface area contributed by atoms with Gasteiger partial charge >= 0.3 is 5.97 Å². The molecule has 4 rings (SSSR count). The Balaban J connectivity index is 1.63. The minimum atomic E-state index is -0.833. The predicted octanol–water partition coefficient (Wildman–Crippen LogP) is 7.64. The first-order valence-corrected chi connectivity index (χ1v) is 12.6. The standard InChI is InChI=1S/C29H25Cl2FN2O3/c1-17(21-14-23(30)16-24(31)15-21)33-29(37)20-8-11-26-22(13-20)12-19(4-2-3-5-27(35)36)28(34-26)18-6-9-25(32)10-7-18/h6-17H,2-5H2,1H3,(H,33,37)(H,35,36)/t17-/m1/s1. The number of nitrogens with zero attached hydrogens (tertiary/aromatic N) is 1. The van der Waals surface area contributed by atoms with Crippen molar-refractivity contribution in [3.63, 3.8) is 0 Å². The number of fused-ring (bicyclic) bond motifs is 1. The fraction of sp³-hybridized carbons (Fsp3) is 0.207. The Morgan fingerprint density at radius 2 is 1.68 bits per heavy atom. The molecule has 8 heteroatoms. The number of carboxylic acid groups (broad SMARTS) is 1. The quantitative estimate of drug-likeness (QED) is 0.214. The second-order valence-electron chi connectivity index (χ2n) is 8.91. The van der Waals surface area contributed by atoms with Crippen LogP contribution in [0.3, 0.4) is 0 Å². The number of hydrogen-bond donors (Lipinski definition) is 2. The number of nitrogens with one attached hydrogen (secondary N) is 1. The van der Waals surface area contributed by atoms with Gasteiger partial charge in [-0.05, 0) is 104 Å². The molecule has 0 aliphatic carbocycles. The van der Waals surface area contributed by atoms with Gasteiger partial charge in [-0.15, -0.1) is 0 Å². The summed E-state index contributed by atoms with van der Waals surface area (Å²) in [5, 5.41) is 13.7. The van der Waals surface area contributed by atoms with E-state index in [2.05, 4.69) is 5.32 Å². The molecule has 0 saturated carbocycles. The molecule has 4 aromatic rings. The molecule has 0 aliphatic heterocycles. The molecular formula is C29H25Cl2FN2O3. The number of carboxylic acids is 1. The number of aliphatic carboxylic acids is 1. The molecule has 190 valence electrons. The first kappa shape index (κ1) is 26.6.